The first kappa shape index (κ1) is 17.4. The quantitative estimate of drug-likeness (QED) is 0.639. The second-order valence-electron chi connectivity index (χ2n) is 3.54. The largest absolute Gasteiger partial charge is 0.500 e. The molecule has 106 valence electrons. The van der Waals surface area contributed by atoms with Crippen LogP contribution in [-0.4, -0.2) is 47.7 Å². The third-order valence-corrected chi connectivity index (χ3v) is 5.39. The first-order valence-electron chi connectivity index (χ1n) is 6.66. The Morgan fingerprint density at radius 3 is 1.78 bits per heavy atom. The van der Waals surface area contributed by atoms with E-state index in [0.29, 0.717) is 19.8 Å². The summed E-state index contributed by atoms with van der Waals surface area (Å²) in [5.41, 5.74) is 0. The molecule has 0 aromatic heterocycles. The van der Waals surface area contributed by atoms with E-state index in [0.717, 1.165) is 19.0 Å². The van der Waals surface area contributed by atoms with Crippen molar-refractivity contribution in [2.24, 2.45) is 9.98 Å². The van der Waals surface area contributed by atoms with Gasteiger partial charge in [-0.05, 0) is 20.8 Å². The fourth-order valence-corrected chi connectivity index (χ4v) is 4.16. The van der Waals surface area contributed by atoms with E-state index in [2.05, 4.69) is 16.9 Å². The highest BCUT2D eigenvalue weighted by atomic mass is 28.4. The van der Waals surface area contributed by atoms with E-state index in [1.807, 2.05) is 20.8 Å². The van der Waals surface area contributed by atoms with Crippen LogP contribution in [0.5, 0.6) is 0 Å². The summed E-state index contributed by atoms with van der Waals surface area (Å²) in [4.78, 5) is 7.40. The summed E-state index contributed by atoms with van der Waals surface area (Å²) in [7, 11) is -2.30. The molecule has 0 aromatic carbocycles. The monoisotopic (exact) mass is 274 g/mol. The van der Waals surface area contributed by atoms with Gasteiger partial charge in [-0.1, -0.05) is 13.3 Å². The lowest BCUT2D eigenvalue weighted by Crippen LogP contribution is -2.45. The fourth-order valence-electron chi connectivity index (χ4n) is 1.54. The Morgan fingerprint density at radius 1 is 1.00 bits per heavy atom. The van der Waals surface area contributed by atoms with Crippen molar-refractivity contribution >= 4 is 21.4 Å². The zero-order valence-corrected chi connectivity index (χ0v) is 13.0. The molecule has 5 nitrogen and oxygen atoms in total. The summed E-state index contributed by atoms with van der Waals surface area (Å²) >= 11 is 0. The maximum Gasteiger partial charge on any atom is 0.500 e. The maximum atomic E-state index is 5.65. The molecule has 18 heavy (non-hydrogen) atoms. The van der Waals surface area contributed by atoms with Gasteiger partial charge in [0.15, 0.2) is 0 Å². The molecule has 0 unspecified atom stereocenters. The van der Waals surface area contributed by atoms with E-state index in [1.54, 1.807) is 12.6 Å². The Labute approximate surface area is 112 Å². The van der Waals surface area contributed by atoms with Crippen molar-refractivity contribution in [3.05, 3.63) is 0 Å². The van der Waals surface area contributed by atoms with Crippen LogP contribution in [0.15, 0.2) is 9.98 Å². The number of hydrogen-bond acceptors (Lipinski definition) is 5. The summed E-state index contributed by atoms with van der Waals surface area (Å²) < 4.78 is 16.9. The SMILES string of the molecule is C1=NC=NC1.CCC[Si](OCC)(OCC)OCC. The second-order valence-corrected chi connectivity index (χ2v) is 6.28. The van der Waals surface area contributed by atoms with E-state index in [4.69, 9.17) is 13.3 Å². The molecule has 0 fully saturated rings. The number of hydrogen-bond donors (Lipinski definition) is 0. The highest BCUT2D eigenvalue weighted by molar-refractivity contribution is 6.60. The maximum absolute atomic E-state index is 5.65. The van der Waals surface area contributed by atoms with Gasteiger partial charge in [0, 0.05) is 32.1 Å². The summed E-state index contributed by atoms with van der Waals surface area (Å²) in [6.07, 6.45) is 4.37. The second kappa shape index (κ2) is 11.5. The Kier molecular flexibility index (Phi) is 11.2. The summed E-state index contributed by atoms with van der Waals surface area (Å²) in [5.74, 6) is 0. The van der Waals surface area contributed by atoms with E-state index >= 15 is 0 Å². The molecule has 0 saturated carbocycles. The van der Waals surface area contributed by atoms with Crippen molar-refractivity contribution in [2.45, 2.75) is 40.2 Å². The lowest BCUT2D eigenvalue weighted by Gasteiger charge is -2.27. The Hall–Kier alpha value is -0.563. The van der Waals surface area contributed by atoms with Crippen molar-refractivity contribution in [2.75, 3.05) is 26.4 Å². The molecular formula is C12H26N2O3Si. The van der Waals surface area contributed by atoms with Gasteiger partial charge in [0.05, 0.1) is 6.54 Å². The van der Waals surface area contributed by atoms with Gasteiger partial charge in [0.2, 0.25) is 0 Å². The van der Waals surface area contributed by atoms with Crippen LogP contribution < -0.4 is 0 Å². The Balaban J connectivity index is 0.000000473. The first-order chi connectivity index (χ1) is 8.74. The molecule has 1 heterocycles. The van der Waals surface area contributed by atoms with Crippen molar-refractivity contribution < 1.29 is 13.3 Å². The van der Waals surface area contributed by atoms with Crippen LogP contribution in [0.3, 0.4) is 0 Å². The number of nitrogens with zero attached hydrogens (tertiary/aromatic N) is 2. The van der Waals surface area contributed by atoms with E-state index in [1.165, 1.54) is 0 Å². The molecule has 1 rings (SSSR count). The van der Waals surface area contributed by atoms with Gasteiger partial charge >= 0.3 is 8.80 Å². The molecule has 0 amide bonds. The molecule has 1 aliphatic heterocycles. The lowest BCUT2D eigenvalue weighted by atomic mass is 10.6. The van der Waals surface area contributed by atoms with Crippen LogP contribution >= 0.6 is 0 Å². The molecule has 0 N–H and O–H groups in total. The average Bonchev–Trinajstić information content (AvgIpc) is 2.89. The van der Waals surface area contributed by atoms with Crippen LogP contribution in [-0.2, 0) is 13.3 Å². The zero-order chi connectivity index (χ0) is 13.7. The zero-order valence-electron chi connectivity index (χ0n) is 12.0. The molecule has 0 saturated heterocycles. The van der Waals surface area contributed by atoms with Gasteiger partial charge in [-0.3, -0.25) is 4.99 Å². The summed E-state index contributed by atoms with van der Waals surface area (Å²) in [6.45, 7) is 10.9. The molecule has 1 aliphatic rings. The van der Waals surface area contributed by atoms with Gasteiger partial charge in [-0.25, -0.2) is 4.99 Å². The molecule has 0 bridgehead atoms. The van der Waals surface area contributed by atoms with E-state index < -0.39 is 8.80 Å². The lowest BCUT2D eigenvalue weighted by molar-refractivity contribution is 0.0712. The molecule has 0 spiro atoms. The van der Waals surface area contributed by atoms with Crippen molar-refractivity contribution in [3.63, 3.8) is 0 Å². The normalized spacial score (nSPS) is 13.6. The van der Waals surface area contributed by atoms with Crippen molar-refractivity contribution in [1.29, 1.82) is 0 Å². The number of aliphatic imine (C=N–C) groups is 2. The van der Waals surface area contributed by atoms with Gasteiger partial charge in [-0.2, -0.15) is 0 Å². The van der Waals surface area contributed by atoms with E-state index in [9.17, 15) is 0 Å². The Bertz CT molecular complexity index is 208. The predicted octanol–water partition coefficient (Wildman–Crippen LogP) is 2.54. The third kappa shape index (κ3) is 7.70. The molecule has 0 atom stereocenters. The van der Waals surface area contributed by atoms with Crippen LogP contribution in [0.1, 0.15) is 34.1 Å². The summed E-state index contributed by atoms with van der Waals surface area (Å²) in [6, 6.07) is 0.919. The smallest absolute Gasteiger partial charge is 0.374 e. The van der Waals surface area contributed by atoms with Crippen LogP contribution in [0, 0.1) is 0 Å². The highest BCUT2D eigenvalue weighted by Crippen LogP contribution is 2.17. The standard InChI is InChI=1S/C9H22O3Si.C3H4N2/c1-5-9-13(10-6-2,11-7-3)12-8-4;1-2-5-3-4-1/h5-9H2,1-4H3;1,3H,2H2. The van der Waals surface area contributed by atoms with Gasteiger partial charge in [0.1, 0.15) is 6.34 Å². The van der Waals surface area contributed by atoms with Gasteiger partial charge in [-0.15, -0.1) is 0 Å². The minimum absolute atomic E-state index is 0.673. The molecule has 0 aromatic rings. The molecule has 0 aliphatic carbocycles. The minimum atomic E-state index is -2.30. The first-order valence-corrected chi connectivity index (χ1v) is 8.59. The molecule has 0 radical (unpaired) electrons. The van der Waals surface area contributed by atoms with Crippen LogP contribution in [0.4, 0.5) is 0 Å². The van der Waals surface area contributed by atoms with Crippen LogP contribution in [0.2, 0.25) is 6.04 Å². The Morgan fingerprint density at radius 2 is 1.56 bits per heavy atom. The average molecular weight is 274 g/mol. The topological polar surface area (TPSA) is 52.4 Å². The van der Waals surface area contributed by atoms with Gasteiger partial charge in [0.25, 0.3) is 0 Å². The number of rotatable bonds is 8. The third-order valence-electron chi connectivity index (χ3n) is 2.09. The highest BCUT2D eigenvalue weighted by Gasteiger charge is 2.38. The fraction of sp³-hybridized carbons (Fsp3) is 0.833. The van der Waals surface area contributed by atoms with Gasteiger partial charge < -0.3 is 13.3 Å². The predicted molar refractivity (Wildman–Crippen MR) is 77.6 cm³/mol. The molecule has 6 heteroatoms. The van der Waals surface area contributed by atoms with Crippen LogP contribution in [0.25, 0.3) is 0 Å². The van der Waals surface area contributed by atoms with Crippen molar-refractivity contribution in [3.8, 4) is 0 Å². The molecular weight excluding hydrogens is 248 g/mol. The van der Waals surface area contributed by atoms with Crippen molar-refractivity contribution in [1.82, 2.24) is 0 Å². The minimum Gasteiger partial charge on any atom is -0.374 e. The van der Waals surface area contributed by atoms with E-state index in [-0.39, 0.29) is 0 Å². The summed E-state index contributed by atoms with van der Waals surface area (Å²) in [5, 5.41) is 0.